The van der Waals surface area contributed by atoms with Crippen molar-refractivity contribution in [3.63, 3.8) is 0 Å². The van der Waals surface area contributed by atoms with Crippen LogP contribution in [-0.4, -0.2) is 0 Å². The van der Waals surface area contributed by atoms with Crippen LogP contribution in [0.1, 0.15) is 38.1 Å². The Morgan fingerprint density at radius 2 is 2.00 bits per heavy atom. The lowest BCUT2D eigenvalue weighted by molar-refractivity contribution is -0.629. The fraction of sp³-hybridized carbons (Fsp3) is 0.667. The molecule has 0 radical (unpaired) electrons. The first-order valence-electron chi connectivity index (χ1n) is 4.16. The third-order valence-corrected chi connectivity index (χ3v) is 2.11. The smallest absolute Gasteiger partial charge is 0.364 e. The average Bonchev–Trinajstić information content (AvgIpc) is 2.25. The van der Waals surface area contributed by atoms with E-state index in [2.05, 4.69) is 0 Å². The van der Waals surface area contributed by atoms with E-state index in [9.17, 15) is 5.21 Å². The lowest BCUT2D eigenvalue weighted by Gasteiger charge is -2.11. The summed E-state index contributed by atoms with van der Waals surface area (Å²) in [6.45, 7) is 7.54. The van der Waals surface area contributed by atoms with Crippen LogP contribution >= 0.6 is 11.6 Å². The third-order valence-electron chi connectivity index (χ3n) is 1.85. The highest BCUT2D eigenvalue weighted by molar-refractivity contribution is 6.16. The summed E-state index contributed by atoms with van der Waals surface area (Å²) in [5.74, 6) is 1.21. The molecule has 1 aromatic rings. The van der Waals surface area contributed by atoms with Gasteiger partial charge in [0, 0.05) is 6.92 Å². The maximum atomic E-state index is 11.6. The van der Waals surface area contributed by atoms with Crippen molar-refractivity contribution in [2.24, 2.45) is 0 Å². The molecule has 74 valence electrons. The molecule has 0 bridgehead atoms. The number of halogens is 1. The van der Waals surface area contributed by atoms with Gasteiger partial charge in [0.25, 0.3) is 0 Å². The second kappa shape index (κ2) is 3.22. The van der Waals surface area contributed by atoms with Crippen molar-refractivity contribution in [1.82, 2.24) is 0 Å². The molecule has 0 amide bonds. The normalized spacial score (nSPS) is 12.1. The fourth-order valence-electron chi connectivity index (χ4n) is 1.12. The van der Waals surface area contributed by atoms with E-state index in [4.69, 9.17) is 16.0 Å². The van der Waals surface area contributed by atoms with Crippen LogP contribution in [0.5, 0.6) is 0 Å². The highest BCUT2D eigenvalue weighted by Crippen LogP contribution is 2.22. The van der Waals surface area contributed by atoms with E-state index >= 15 is 0 Å². The zero-order valence-corrected chi connectivity index (χ0v) is 9.10. The topological polar surface area (TPSA) is 40.1 Å². The molecule has 0 N–H and O–H groups in total. The molecule has 1 heterocycles. The molecule has 0 saturated carbocycles. The minimum absolute atomic E-state index is 0.189. The number of aromatic nitrogens is 1. The number of hydrogen-bond acceptors (Lipinski definition) is 2. The second-order valence-corrected chi connectivity index (χ2v) is 4.36. The van der Waals surface area contributed by atoms with Crippen LogP contribution in [0.2, 0.25) is 0 Å². The van der Waals surface area contributed by atoms with Crippen LogP contribution < -0.4 is 4.73 Å². The first kappa shape index (κ1) is 10.4. The van der Waals surface area contributed by atoms with E-state index < -0.39 is 0 Å². The van der Waals surface area contributed by atoms with Gasteiger partial charge in [-0.2, -0.15) is 0 Å². The van der Waals surface area contributed by atoms with Gasteiger partial charge < -0.3 is 9.62 Å². The largest absolute Gasteiger partial charge is 0.616 e. The molecule has 1 aromatic heterocycles. The first-order valence-corrected chi connectivity index (χ1v) is 4.69. The van der Waals surface area contributed by atoms with Crippen molar-refractivity contribution in [1.29, 1.82) is 0 Å². The van der Waals surface area contributed by atoms with Crippen LogP contribution in [0.4, 0.5) is 0 Å². The Bertz CT molecular complexity index is 312. The van der Waals surface area contributed by atoms with Gasteiger partial charge in [-0.3, -0.25) is 0 Å². The van der Waals surface area contributed by atoms with Crippen molar-refractivity contribution < 1.29 is 9.15 Å². The van der Waals surface area contributed by atoms with Crippen molar-refractivity contribution in [3.05, 3.63) is 22.6 Å². The third kappa shape index (κ3) is 1.80. The van der Waals surface area contributed by atoms with Gasteiger partial charge in [0.15, 0.2) is 5.76 Å². The van der Waals surface area contributed by atoms with Crippen molar-refractivity contribution in [2.45, 2.75) is 39.0 Å². The summed E-state index contributed by atoms with van der Waals surface area (Å²) in [6, 6.07) is 0. The summed E-state index contributed by atoms with van der Waals surface area (Å²) in [5, 5.41) is 11.6. The molecule has 0 aliphatic heterocycles. The highest BCUT2D eigenvalue weighted by atomic mass is 35.5. The van der Waals surface area contributed by atoms with E-state index in [0.717, 1.165) is 4.73 Å². The predicted molar refractivity (Wildman–Crippen MR) is 50.7 cm³/mol. The maximum Gasteiger partial charge on any atom is 0.364 e. The summed E-state index contributed by atoms with van der Waals surface area (Å²) in [7, 11) is 0. The van der Waals surface area contributed by atoms with Crippen LogP contribution in [0.3, 0.4) is 0 Å². The van der Waals surface area contributed by atoms with Gasteiger partial charge in [-0.1, -0.05) is 0 Å². The summed E-state index contributed by atoms with van der Waals surface area (Å²) in [5.41, 5.74) is 0.225. The van der Waals surface area contributed by atoms with Gasteiger partial charge in [-0.05, 0) is 20.8 Å². The van der Waals surface area contributed by atoms with Crippen molar-refractivity contribution in [3.8, 4) is 0 Å². The van der Waals surface area contributed by atoms with E-state index in [1.54, 1.807) is 6.92 Å². The van der Waals surface area contributed by atoms with Crippen molar-refractivity contribution in [2.75, 3.05) is 0 Å². The molecule has 0 unspecified atom stereocenters. The molecular weight excluding hydrogens is 190 g/mol. The molecule has 0 aromatic carbocycles. The minimum Gasteiger partial charge on any atom is -0.616 e. The molecular formula is C9H14ClNO2. The Morgan fingerprint density at radius 1 is 1.46 bits per heavy atom. The molecule has 3 nitrogen and oxygen atoms in total. The predicted octanol–water partition coefficient (Wildman–Crippen LogP) is 2.26. The molecule has 13 heavy (non-hydrogen) atoms. The molecule has 0 aliphatic rings. The molecule has 0 saturated heterocycles. The SMILES string of the molecule is Cc1oc(C(C)(C)C)[n+]([O-])c1CCl. The van der Waals surface area contributed by atoms with E-state index in [1.807, 2.05) is 20.8 Å². The Labute approximate surface area is 82.9 Å². The van der Waals surface area contributed by atoms with Gasteiger partial charge in [0.05, 0.1) is 5.41 Å². The molecule has 0 atom stereocenters. The summed E-state index contributed by atoms with van der Waals surface area (Å²) in [4.78, 5) is 0. The zero-order chi connectivity index (χ0) is 10.2. The summed E-state index contributed by atoms with van der Waals surface area (Å²) >= 11 is 5.62. The lowest BCUT2D eigenvalue weighted by Crippen LogP contribution is -2.38. The molecule has 1 rings (SSSR count). The summed E-state index contributed by atoms with van der Waals surface area (Å²) < 4.78 is 6.16. The average molecular weight is 204 g/mol. The number of rotatable bonds is 1. The Hall–Kier alpha value is -0.700. The number of hydrogen-bond donors (Lipinski definition) is 0. The van der Waals surface area contributed by atoms with Crippen molar-refractivity contribution >= 4 is 11.6 Å². The Kier molecular flexibility index (Phi) is 2.57. The van der Waals surface area contributed by atoms with Gasteiger partial charge >= 0.3 is 5.89 Å². The van der Waals surface area contributed by atoms with E-state index in [0.29, 0.717) is 17.3 Å². The number of nitrogens with zero attached hydrogens (tertiary/aromatic N) is 1. The highest BCUT2D eigenvalue weighted by Gasteiger charge is 2.32. The van der Waals surface area contributed by atoms with Gasteiger partial charge in [0.2, 0.25) is 5.69 Å². The van der Waals surface area contributed by atoms with E-state index in [-0.39, 0.29) is 11.3 Å². The van der Waals surface area contributed by atoms with Crippen LogP contribution in [0, 0.1) is 12.1 Å². The van der Waals surface area contributed by atoms with E-state index in [1.165, 1.54) is 0 Å². The maximum absolute atomic E-state index is 11.6. The van der Waals surface area contributed by atoms with Crippen LogP contribution in [0.25, 0.3) is 0 Å². The standard InChI is InChI=1S/C9H14ClNO2/c1-6-7(5-10)11(12)8(13-6)9(2,3)4/h5H2,1-4H3. The Morgan fingerprint density at radius 3 is 2.23 bits per heavy atom. The minimum atomic E-state index is -0.281. The van der Waals surface area contributed by atoms with Gasteiger partial charge in [-0.15, -0.1) is 16.3 Å². The molecule has 0 aliphatic carbocycles. The van der Waals surface area contributed by atoms with Crippen LogP contribution in [-0.2, 0) is 11.3 Å². The fourth-order valence-corrected chi connectivity index (χ4v) is 1.41. The number of alkyl halides is 1. The number of oxazole rings is 1. The zero-order valence-electron chi connectivity index (χ0n) is 8.35. The molecule has 0 fully saturated rings. The molecule has 0 spiro atoms. The second-order valence-electron chi connectivity index (χ2n) is 4.09. The Balaban J connectivity index is 3.26. The quantitative estimate of drug-likeness (QED) is 0.399. The molecule has 4 heteroatoms. The van der Waals surface area contributed by atoms with Gasteiger partial charge in [0.1, 0.15) is 5.88 Å². The lowest BCUT2D eigenvalue weighted by atomic mass is 9.97. The number of aryl methyl sites for hydroxylation is 1. The monoisotopic (exact) mass is 203 g/mol. The van der Waals surface area contributed by atoms with Crippen LogP contribution in [0.15, 0.2) is 4.42 Å². The van der Waals surface area contributed by atoms with Gasteiger partial charge in [-0.25, -0.2) is 0 Å². The summed E-state index contributed by atoms with van der Waals surface area (Å²) in [6.07, 6.45) is 0. The first-order chi connectivity index (χ1) is 5.88.